The number of hydrogen-bond donors (Lipinski definition) is 1. The molecule has 1 N–H and O–H groups in total. The molecule has 4 nitrogen and oxygen atoms in total. The van der Waals surface area contributed by atoms with Crippen LogP contribution in [0.3, 0.4) is 0 Å². The van der Waals surface area contributed by atoms with Crippen LogP contribution in [0.2, 0.25) is 0 Å². The highest BCUT2D eigenvalue weighted by Gasteiger charge is 2.24. The number of unbranched alkanes of at least 4 members (excludes halogenated alkanes) is 12. The van der Waals surface area contributed by atoms with E-state index in [-0.39, 0.29) is 5.91 Å². The quantitative estimate of drug-likeness (QED) is 0.291. The van der Waals surface area contributed by atoms with Crippen molar-refractivity contribution in [2.45, 2.75) is 103 Å². The number of hydrogen-bond acceptors (Lipinski definition) is 3. The Hall–Kier alpha value is -2.10. The predicted octanol–water partition coefficient (Wildman–Crippen LogP) is 7.65. The fourth-order valence-corrected chi connectivity index (χ4v) is 4.82. The van der Waals surface area contributed by atoms with Crippen molar-refractivity contribution in [2.24, 2.45) is 0 Å². The smallest absolute Gasteiger partial charge is 0.224 e. The van der Waals surface area contributed by atoms with E-state index < -0.39 is 0 Å². The molecule has 4 heteroatoms. The van der Waals surface area contributed by atoms with Gasteiger partial charge in [0.25, 0.3) is 0 Å². The summed E-state index contributed by atoms with van der Waals surface area (Å²) >= 11 is 0. The molecule has 32 heavy (non-hydrogen) atoms. The number of aromatic nitrogens is 1. The van der Waals surface area contributed by atoms with Crippen molar-refractivity contribution < 1.29 is 4.79 Å². The monoisotopic (exact) mass is 437 g/mol. The summed E-state index contributed by atoms with van der Waals surface area (Å²) in [4.78, 5) is 19.7. The summed E-state index contributed by atoms with van der Waals surface area (Å²) < 4.78 is 0. The maximum absolute atomic E-state index is 12.7. The minimum Gasteiger partial charge on any atom is -0.359 e. The number of amides is 1. The number of fused-ring (bicyclic) bond motifs is 2. The molecule has 0 radical (unpaired) electrons. The summed E-state index contributed by atoms with van der Waals surface area (Å²) in [6.07, 6.45) is 18.8. The molecule has 0 spiro atoms. The summed E-state index contributed by atoms with van der Waals surface area (Å²) in [5, 5.41) is 4.30. The van der Waals surface area contributed by atoms with Crippen molar-refractivity contribution in [3.8, 4) is 0 Å². The van der Waals surface area contributed by atoms with Crippen molar-refractivity contribution in [3.63, 3.8) is 0 Å². The highest BCUT2D eigenvalue weighted by Crippen LogP contribution is 2.36. The second-order valence-corrected chi connectivity index (χ2v) is 9.52. The van der Waals surface area contributed by atoms with Crippen LogP contribution >= 0.6 is 0 Å². The predicted molar refractivity (Wildman–Crippen MR) is 138 cm³/mol. The largest absolute Gasteiger partial charge is 0.359 e. The molecule has 2 heterocycles. The number of pyridine rings is 1. The fourth-order valence-electron chi connectivity index (χ4n) is 4.82. The fraction of sp³-hybridized carbons (Fsp3) is 0.643. The molecule has 1 amide bonds. The number of carbonyl (C=O) groups is 1. The second-order valence-electron chi connectivity index (χ2n) is 9.52. The normalized spacial score (nSPS) is 13.0. The number of anilines is 2. The topological polar surface area (TPSA) is 45.2 Å². The van der Waals surface area contributed by atoms with Crippen LogP contribution in [0.4, 0.5) is 11.5 Å². The van der Waals surface area contributed by atoms with Crippen LogP contribution in [0.25, 0.3) is 10.9 Å². The average Bonchev–Trinajstić information content (AvgIpc) is 3.17. The molecule has 0 bridgehead atoms. The lowest BCUT2D eigenvalue weighted by molar-refractivity contribution is -0.116. The van der Waals surface area contributed by atoms with Crippen molar-refractivity contribution >= 4 is 28.3 Å². The van der Waals surface area contributed by atoms with Gasteiger partial charge in [0, 0.05) is 31.0 Å². The minimum absolute atomic E-state index is 0.140. The van der Waals surface area contributed by atoms with E-state index in [0.717, 1.165) is 48.2 Å². The van der Waals surface area contributed by atoms with Crippen LogP contribution in [-0.4, -0.2) is 24.5 Å². The Labute approximate surface area is 195 Å². The lowest BCUT2D eigenvalue weighted by atomic mass is 10.0. The Morgan fingerprint density at radius 3 is 2.16 bits per heavy atom. The Balaban J connectivity index is 1.32. The molecule has 1 aromatic heterocycles. The van der Waals surface area contributed by atoms with Crippen LogP contribution in [0.5, 0.6) is 0 Å². The lowest BCUT2D eigenvalue weighted by Crippen LogP contribution is -2.15. The van der Waals surface area contributed by atoms with Gasteiger partial charge in [0.2, 0.25) is 5.91 Å². The molecule has 0 unspecified atom stereocenters. The Morgan fingerprint density at radius 1 is 0.906 bits per heavy atom. The molecule has 1 aliphatic rings. The van der Waals surface area contributed by atoms with Gasteiger partial charge in [-0.15, -0.1) is 0 Å². The third-order valence-corrected chi connectivity index (χ3v) is 6.80. The maximum atomic E-state index is 12.7. The van der Waals surface area contributed by atoms with Gasteiger partial charge in [-0.2, -0.15) is 0 Å². The van der Waals surface area contributed by atoms with Crippen LogP contribution in [0.1, 0.15) is 102 Å². The zero-order valence-electron chi connectivity index (χ0n) is 20.4. The zero-order valence-corrected chi connectivity index (χ0v) is 20.4. The van der Waals surface area contributed by atoms with Crippen LogP contribution in [-0.2, 0) is 11.2 Å². The van der Waals surface area contributed by atoms with E-state index in [2.05, 4.69) is 30.3 Å². The number of nitrogens with zero attached hydrogens (tertiary/aromatic N) is 2. The summed E-state index contributed by atoms with van der Waals surface area (Å²) in [6.45, 7) is 3.24. The van der Waals surface area contributed by atoms with Crippen molar-refractivity contribution in [2.75, 3.05) is 23.8 Å². The summed E-state index contributed by atoms with van der Waals surface area (Å²) in [6, 6.07) is 8.14. The molecule has 1 aliphatic heterocycles. The van der Waals surface area contributed by atoms with Gasteiger partial charge in [-0.25, -0.2) is 4.98 Å². The Bertz CT molecular complexity index is 848. The van der Waals surface area contributed by atoms with Crippen molar-refractivity contribution in [3.05, 3.63) is 29.8 Å². The van der Waals surface area contributed by atoms with Gasteiger partial charge in [-0.1, -0.05) is 102 Å². The molecule has 0 atom stereocenters. The summed E-state index contributed by atoms with van der Waals surface area (Å²) in [7, 11) is 2.08. The number of likely N-dealkylation sites (N-methyl/N-ethyl adjacent to an activating group) is 1. The molecule has 0 saturated heterocycles. The van der Waals surface area contributed by atoms with Crippen LogP contribution in [0, 0.1) is 0 Å². The van der Waals surface area contributed by atoms with Gasteiger partial charge in [0.15, 0.2) is 0 Å². The van der Waals surface area contributed by atoms with E-state index in [1.54, 1.807) is 0 Å². The SMILES string of the molecule is CCCCCCCCCCCCCCCC(=O)Nc1c2c(nc3ccccc13)N(C)CC2. The van der Waals surface area contributed by atoms with Crippen molar-refractivity contribution in [1.29, 1.82) is 0 Å². The second kappa shape index (κ2) is 13.4. The van der Waals surface area contributed by atoms with Gasteiger partial charge < -0.3 is 10.2 Å². The van der Waals surface area contributed by atoms with E-state index in [1.807, 2.05) is 18.2 Å². The third-order valence-electron chi connectivity index (χ3n) is 6.80. The maximum Gasteiger partial charge on any atom is 0.224 e. The molecule has 176 valence electrons. The average molecular weight is 438 g/mol. The lowest BCUT2D eigenvalue weighted by Gasteiger charge is -2.16. The summed E-state index contributed by atoms with van der Waals surface area (Å²) in [5.41, 5.74) is 3.12. The molecule has 2 aromatic rings. The van der Waals surface area contributed by atoms with E-state index >= 15 is 0 Å². The third kappa shape index (κ3) is 7.21. The highest BCUT2D eigenvalue weighted by molar-refractivity contribution is 6.04. The molecule has 0 fully saturated rings. The highest BCUT2D eigenvalue weighted by atomic mass is 16.1. The number of para-hydroxylation sites is 1. The minimum atomic E-state index is 0.140. The molecule has 3 rings (SSSR count). The van der Waals surface area contributed by atoms with E-state index in [0.29, 0.717) is 6.42 Å². The first kappa shape index (κ1) is 24.5. The molecular weight excluding hydrogens is 394 g/mol. The van der Waals surface area contributed by atoms with E-state index in [1.165, 1.54) is 76.2 Å². The zero-order chi connectivity index (χ0) is 22.6. The Kier molecular flexibility index (Phi) is 10.3. The van der Waals surface area contributed by atoms with E-state index in [9.17, 15) is 4.79 Å². The summed E-state index contributed by atoms with van der Waals surface area (Å²) in [5.74, 6) is 1.15. The number of carbonyl (C=O) groups excluding carboxylic acids is 1. The Morgan fingerprint density at radius 2 is 1.50 bits per heavy atom. The number of rotatable bonds is 15. The standard InChI is InChI=1S/C28H43N3O/c1-3-4-5-6-7-8-9-10-11-12-13-14-15-20-26(32)30-27-23-18-16-17-19-25(23)29-28-24(27)21-22-31(28)2/h16-19H,3-15,20-22H2,1-2H3,(H,29,30,32). The van der Waals surface area contributed by atoms with Gasteiger partial charge in [0.05, 0.1) is 11.2 Å². The molecule has 1 aromatic carbocycles. The first-order chi connectivity index (χ1) is 15.7. The van der Waals surface area contributed by atoms with Gasteiger partial charge in [-0.3, -0.25) is 4.79 Å². The van der Waals surface area contributed by atoms with E-state index in [4.69, 9.17) is 4.98 Å². The van der Waals surface area contributed by atoms with Gasteiger partial charge in [0.1, 0.15) is 5.82 Å². The van der Waals surface area contributed by atoms with Gasteiger partial charge in [-0.05, 0) is 18.9 Å². The van der Waals surface area contributed by atoms with Crippen LogP contribution < -0.4 is 10.2 Å². The van der Waals surface area contributed by atoms with Crippen molar-refractivity contribution in [1.82, 2.24) is 4.98 Å². The first-order valence-electron chi connectivity index (χ1n) is 13.1. The molecule has 0 aliphatic carbocycles. The van der Waals surface area contributed by atoms with Crippen LogP contribution in [0.15, 0.2) is 24.3 Å². The number of benzene rings is 1. The molecular formula is C28H43N3O. The van der Waals surface area contributed by atoms with Gasteiger partial charge >= 0.3 is 0 Å². The first-order valence-corrected chi connectivity index (χ1v) is 13.1. The molecule has 0 saturated carbocycles. The number of nitrogens with one attached hydrogen (secondary N) is 1.